The molecular formula is C13H19FN2O. The lowest BCUT2D eigenvalue weighted by molar-refractivity contribution is -0.117. The van der Waals surface area contributed by atoms with Crippen molar-refractivity contribution in [3.05, 3.63) is 29.6 Å². The van der Waals surface area contributed by atoms with Gasteiger partial charge in [-0.25, -0.2) is 4.39 Å². The van der Waals surface area contributed by atoms with Crippen LogP contribution in [-0.4, -0.2) is 11.9 Å². The Morgan fingerprint density at radius 2 is 2.12 bits per heavy atom. The first-order valence-electron chi connectivity index (χ1n) is 5.72. The van der Waals surface area contributed by atoms with E-state index in [1.165, 1.54) is 12.1 Å². The summed E-state index contributed by atoms with van der Waals surface area (Å²) in [5.74, 6) is -0.176. The van der Waals surface area contributed by atoms with Crippen LogP contribution in [0, 0.1) is 18.7 Å². The monoisotopic (exact) mass is 238 g/mol. The zero-order chi connectivity index (χ0) is 13.0. The van der Waals surface area contributed by atoms with Gasteiger partial charge in [-0.05, 0) is 43.0 Å². The third-order valence-corrected chi connectivity index (χ3v) is 2.51. The molecule has 1 unspecified atom stereocenters. The molecule has 0 aliphatic heterocycles. The lowest BCUT2D eigenvalue weighted by Gasteiger charge is -2.15. The highest BCUT2D eigenvalue weighted by molar-refractivity contribution is 5.95. The highest BCUT2D eigenvalue weighted by Gasteiger charge is 2.15. The van der Waals surface area contributed by atoms with Crippen LogP contribution in [0.25, 0.3) is 0 Å². The lowest BCUT2D eigenvalue weighted by atomic mass is 10.0. The summed E-state index contributed by atoms with van der Waals surface area (Å²) in [6.45, 7) is 5.76. The fourth-order valence-electron chi connectivity index (χ4n) is 1.61. The number of hydrogen-bond acceptors (Lipinski definition) is 2. The minimum Gasteiger partial charge on any atom is -0.324 e. The van der Waals surface area contributed by atoms with Crippen molar-refractivity contribution in [2.45, 2.75) is 33.2 Å². The van der Waals surface area contributed by atoms with E-state index in [0.717, 1.165) is 0 Å². The van der Waals surface area contributed by atoms with E-state index in [0.29, 0.717) is 23.6 Å². The van der Waals surface area contributed by atoms with Crippen molar-refractivity contribution in [3.63, 3.8) is 0 Å². The second-order valence-electron chi connectivity index (χ2n) is 4.68. The first-order valence-corrected chi connectivity index (χ1v) is 5.72. The predicted octanol–water partition coefficient (Wildman–Crippen LogP) is 2.45. The van der Waals surface area contributed by atoms with Gasteiger partial charge in [0.15, 0.2) is 0 Å². The Morgan fingerprint density at radius 3 is 2.65 bits per heavy atom. The van der Waals surface area contributed by atoms with E-state index in [-0.39, 0.29) is 11.7 Å². The Morgan fingerprint density at radius 1 is 1.47 bits per heavy atom. The van der Waals surface area contributed by atoms with Crippen LogP contribution in [0.2, 0.25) is 0 Å². The molecule has 1 aromatic carbocycles. The van der Waals surface area contributed by atoms with E-state index in [1.807, 2.05) is 13.8 Å². The van der Waals surface area contributed by atoms with E-state index in [4.69, 9.17) is 5.73 Å². The quantitative estimate of drug-likeness (QED) is 0.846. The maximum atomic E-state index is 12.9. The molecule has 1 aromatic rings. The second-order valence-corrected chi connectivity index (χ2v) is 4.68. The molecule has 0 radical (unpaired) electrons. The first kappa shape index (κ1) is 13.6. The van der Waals surface area contributed by atoms with Crippen molar-refractivity contribution in [1.29, 1.82) is 0 Å². The average Bonchev–Trinajstić information content (AvgIpc) is 2.21. The van der Waals surface area contributed by atoms with Crippen LogP contribution in [-0.2, 0) is 4.79 Å². The number of hydrogen-bond donors (Lipinski definition) is 2. The summed E-state index contributed by atoms with van der Waals surface area (Å²) in [4.78, 5) is 11.8. The Balaban J connectivity index is 2.67. The molecule has 3 nitrogen and oxygen atoms in total. The van der Waals surface area contributed by atoms with Gasteiger partial charge in [-0.2, -0.15) is 0 Å². The van der Waals surface area contributed by atoms with Crippen LogP contribution in [0.5, 0.6) is 0 Å². The second kappa shape index (κ2) is 5.77. The maximum Gasteiger partial charge on any atom is 0.241 e. The highest BCUT2D eigenvalue weighted by atomic mass is 19.1. The number of amides is 1. The normalized spacial score (nSPS) is 12.6. The number of nitrogens with one attached hydrogen (secondary N) is 1. The van der Waals surface area contributed by atoms with Gasteiger partial charge < -0.3 is 11.1 Å². The molecule has 0 bridgehead atoms. The zero-order valence-corrected chi connectivity index (χ0v) is 10.5. The first-order chi connectivity index (χ1) is 7.90. The van der Waals surface area contributed by atoms with E-state index in [2.05, 4.69) is 5.32 Å². The summed E-state index contributed by atoms with van der Waals surface area (Å²) in [6, 6.07) is 3.71. The van der Waals surface area contributed by atoms with E-state index in [9.17, 15) is 9.18 Å². The van der Waals surface area contributed by atoms with Gasteiger partial charge in [-0.1, -0.05) is 13.8 Å². The van der Waals surface area contributed by atoms with E-state index in [1.54, 1.807) is 13.0 Å². The van der Waals surface area contributed by atoms with Crippen LogP contribution < -0.4 is 11.1 Å². The standard InChI is InChI=1S/C13H19FN2O/c1-8(2)6-11(15)13(17)16-12-5-4-10(14)7-9(12)3/h4-5,7-8,11H,6,15H2,1-3H3,(H,16,17). The maximum absolute atomic E-state index is 12.9. The topological polar surface area (TPSA) is 55.1 Å². The van der Waals surface area contributed by atoms with Crippen molar-refractivity contribution < 1.29 is 9.18 Å². The Hall–Kier alpha value is -1.42. The zero-order valence-electron chi connectivity index (χ0n) is 10.5. The molecule has 94 valence electrons. The van der Waals surface area contributed by atoms with Gasteiger partial charge in [0.2, 0.25) is 5.91 Å². The molecule has 17 heavy (non-hydrogen) atoms. The third-order valence-electron chi connectivity index (χ3n) is 2.51. The van der Waals surface area contributed by atoms with Crippen LogP contribution in [0.15, 0.2) is 18.2 Å². The van der Waals surface area contributed by atoms with E-state index >= 15 is 0 Å². The Labute approximate surface area is 101 Å². The molecule has 1 rings (SSSR count). The number of carbonyl (C=O) groups excluding carboxylic acids is 1. The summed E-state index contributed by atoms with van der Waals surface area (Å²) in [6.07, 6.45) is 0.631. The highest BCUT2D eigenvalue weighted by Crippen LogP contribution is 2.16. The minimum absolute atomic E-state index is 0.228. The van der Waals surface area contributed by atoms with Crippen LogP contribution >= 0.6 is 0 Å². The van der Waals surface area contributed by atoms with Gasteiger partial charge in [0.1, 0.15) is 5.82 Å². The summed E-state index contributed by atoms with van der Waals surface area (Å²) in [5, 5.41) is 2.71. The van der Waals surface area contributed by atoms with Crippen molar-refractivity contribution in [2.24, 2.45) is 11.7 Å². The van der Waals surface area contributed by atoms with Gasteiger partial charge in [-0.3, -0.25) is 4.79 Å². The number of nitrogens with two attached hydrogens (primary N) is 1. The number of halogens is 1. The third kappa shape index (κ3) is 4.15. The molecule has 0 saturated heterocycles. The van der Waals surface area contributed by atoms with Crippen molar-refractivity contribution in [3.8, 4) is 0 Å². The molecule has 0 spiro atoms. The molecule has 1 amide bonds. The lowest BCUT2D eigenvalue weighted by Crippen LogP contribution is -2.36. The Bertz CT molecular complexity index is 404. The molecule has 0 saturated carbocycles. The van der Waals surface area contributed by atoms with Crippen molar-refractivity contribution >= 4 is 11.6 Å². The van der Waals surface area contributed by atoms with Gasteiger partial charge in [0, 0.05) is 5.69 Å². The fraction of sp³-hybridized carbons (Fsp3) is 0.462. The summed E-state index contributed by atoms with van der Waals surface area (Å²) in [7, 11) is 0. The Kier molecular flexibility index (Phi) is 4.63. The van der Waals surface area contributed by atoms with E-state index < -0.39 is 6.04 Å². The number of anilines is 1. The predicted molar refractivity (Wildman–Crippen MR) is 67.2 cm³/mol. The van der Waals surface area contributed by atoms with Crippen LogP contribution in [0.3, 0.4) is 0 Å². The van der Waals surface area contributed by atoms with Crippen molar-refractivity contribution in [2.75, 3.05) is 5.32 Å². The number of benzene rings is 1. The number of carbonyl (C=O) groups is 1. The molecule has 0 aromatic heterocycles. The number of rotatable bonds is 4. The van der Waals surface area contributed by atoms with Gasteiger partial charge >= 0.3 is 0 Å². The number of aryl methyl sites for hydroxylation is 1. The van der Waals surface area contributed by atoms with Gasteiger partial charge in [0.05, 0.1) is 6.04 Å². The van der Waals surface area contributed by atoms with Crippen LogP contribution in [0.1, 0.15) is 25.8 Å². The molecule has 0 heterocycles. The van der Waals surface area contributed by atoms with Gasteiger partial charge in [-0.15, -0.1) is 0 Å². The van der Waals surface area contributed by atoms with Gasteiger partial charge in [0.25, 0.3) is 0 Å². The summed E-state index contributed by atoms with van der Waals surface area (Å²) in [5.41, 5.74) is 7.06. The van der Waals surface area contributed by atoms with Crippen LogP contribution in [0.4, 0.5) is 10.1 Å². The summed E-state index contributed by atoms with van der Waals surface area (Å²) >= 11 is 0. The molecule has 0 aliphatic carbocycles. The van der Waals surface area contributed by atoms with Crippen molar-refractivity contribution in [1.82, 2.24) is 0 Å². The molecule has 3 N–H and O–H groups in total. The molecule has 1 atom stereocenters. The molecule has 0 aliphatic rings. The molecule has 0 fully saturated rings. The minimum atomic E-state index is -0.528. The molecular weight excluding hydrogens is 219 g/mol. The average molecular weight is 238 g/mol. The summed E-state index contributed by atoms with van der Waals surface area (Å²) < 4.78 is 12.9. The smallest absolute Gasteiger partial charge is 0.241 e. The molecule has 4 heteroatoms. The fourth-order valence-corrected chi connectivity index (χ4v) is 1.61. The SMILES string of the molecule is Cc1cc(F)ccc1NC(=O)C(N)CC(C)C. The largest absolute Gasteiger partial charge is 0.324 e.